The number of fused-ring (bicyclic) bond motifs is 2. The van der Waals surface area contributed by atoms with Gasteiger partial charge in [0, 0.05) is 47.7 Å². The Balaban J connectivity index is 1.41. The van der Waals surface area contributed by atoms with Crippen LogP contribution in [0.15, 0.2) is 67.3 Å². The van der Waals surface area contributed by atoms with E-state index in [4.69, 9.17) is 0 Å². The number of aromatic amines is 1. The van der Waals surface area contributed by atoms with Gasteiger partial charge >= 0.3 is 12.2 Å². The van der Waals surface area contributed by atoms with Gasteiger partial charge in [-0.1, -0.05) is 0 Å². The quantitative estimate of drug-likeness (QED) is 0.338. The van der Waals surface area contributed by atoms with Crippen molar-refractivity contribution in [3.8, 4) is 11.4 Å². The molecule has 5 aromatic rings. The number of benzene rings is 2. The fourth-order valence-electron chi connectivity index (χ4n) is 4.42. The van der Waals surface area contributed by atoms with Gasteiger partial charge in [0.15, 0.2) is 5.82 Å². The fraction of sp³-hybridized carbons (Fsp3) is 0.160. The van der Waals surface area contributed by atoms with Crippen molar-refractivity contribution in [1.82, 2.24) is 29.9 Å². The maximum absolute atomic E-state index is 14.0. The van der Waals surface area contributed by atoms with Crippen molar-refractivity contribution < 1.29 is 18.0 Å². The minimum atomic E-state index is -4.41. The van der Waals surface area contributed by atoms with Crippen molar-refractivity contribution >= 4 is 39.8 Å². The molecule has 1 aliphatic rings. The summed E-state index contributed by atoms with van der Waals surface area (Å²) in [6.07, 6.45) is 0.339. The number of aromatic nitrogens is 6. The number of pyridine rings is 1. The molecule has 0 aliphatic carbocycles. The number of amides is 2. The lowest BCUT2D eigenvalue weighted by atomic mass is 10.1. The highest BCUT2D eigenvalue weighted by Gasteiger charge is 2.34. The van der Waals surface area contributed by atoms with Crippen LogP contribution in [0.2, 0.25) is 0 Å². The van der Waals surface area contributed by atoms with E-state index in [1.807, 2.05) is 31.4 Å². The third kappa shape index (κ3) is 4.38. The molecule has 0 spiro atoms. The number of aryl methyl sites for hydroxylation is 1. The molecule has 4 heterocycles. The number of anilines is 4. The maximum Gasteiger partial charge on any atom is 0.405 e. The van der Waals surface area contributed by atoms with E-state index >= 15 is 0 Å². The maximum atomic E-state index is 14.0. The van der Waals surface area contributed by atoms with Gasteiger partial charge in [-0.3, -0.25) is 19.6 Å². The van der Waals surface area contributed by atoms with E-state index in [9.17, 15) is 18.0 Å². The second kappa shape index (κ2) is 8.87. The van der Waals surface area contributed by atoms with E-state index < -0.39 is 12.7 Å². The molecule has 0 bridgehead atoms. The minimum Gasteiger partial charge on any atom is -0.361 e. The van der Waals surface area contributed by atoms with E-state index in [0.29, 0.717) is 28.5 Å². The molecule has 0 saturated carbocycles. The molecule has 2 N–H and O–H groups in total. The van der Waals surface area contributed by atoms with Gasteiger partial charge in [-0.25, -0.2) is 14.8 Å². The third-order valence-electron chi connectivity index (χ3n) is 6.15. The van der Waals surface area contributed by atoms with Crippen LogP contribution < -0.4 is 15.1 Å². The SMILES string of the molecule is Cn1cc2cc(N3Cc4cnc(NCC(F)(F)F)cc4N(c4ccc(-c5ncn[nH]5)cc4)C3=O)ccc2n1. The Morgan fingerprint density at radius 3 is 2.58 bits per heavy atom. The molecule has 0 unspecified atom stereocenters. The molecule has 2 amide bonds. The van der Waals surface area contributed by atoms with Gasteiger partial charge in [-0.05, 0) is 42.5 Å². The molecular weight excluding hydrogens is 499 g/mol. The Labute approximate surface area is 213 Å². The summed E-state index contributed by atoms with van der Waals surface area (Å²) in [7, 11) is 1.82. The smallest absolute Gasteiger partial charge is 0.361 e. The molecule has 0 saturated heterocycles. The van der Waals surface area contributed by atoms with Crippen molar-refractivity contribution in [1.29, 1.82) is 0 Å². The number of alkyl halides is 3. The summed E-state index contributed by atoms with van der Waals surface area (Å²) in [4.78, 5) is 25.3. The molecule has 192 valence electrons. The summed E-state index contributed by atoms with van der Waals surface area (Å²) in [5.74, 6) is 0.582. The van der Waals surface area contributed by atoms with Crippen molar-refractivity contribution in [2.45, 2.75) is 12.7 Å². The van der Waals surface area contributed by atoms with Crippen molar-refractivity contribution in [2.75, 3.05) is 21.7 Å². The first-order valence-corrected chi connectivity index (χ1v) is 11.6. The molecule has 0 atom stereocenters. The average Bonchev–Trinajstić information content (AvgIpc) is 3.56. The highest BCUT2D eigenvalue weighted by Crippen LogP contribution is 2.39. The number of halogens is 3. The van der Waals surface area contributed by atoms with Crippen LogP contribution in [0.4, 0.5) is 40.8 Å². The molecule has 6 rings (SSSR count). The first kappa shape index (κ1) is 23.5. The van der Waals surface area contributed by atoms with Crippen LogP contribution in [-0.4, -0.2) is 48.7 Å². The highest BCUT2D eigenvalue weighted by molar-refractivity contribution is 6.11. The van der Waals surface area contributed by atoms with Gasteiger partial charge in [-0.15, -0.1) is 0 Å². The van der Waals surface area contributed by atoms with E-state index in [1.165, 1.54) is 23.5 Å². The first-order valence-electron chi connectivity index (χ1n) is 11.6. The van der Waals surface area contributed by atoms with Crippen molar-refractivity contribution in [2.24, 2.45) is 7.05 Å². The number of nitrogens with one attached hydrogen (secondary N) is 2. The lowest BCUT2D eigenvalue weighted by molar-refractivity contribution is -0.115. The predicted octanol–water partition coefficient (Wildman–Crippen LogP) is 5.01. The molecular formula is C25H20F3N9O. The Bertz CT molecular complexity index is 1630. The van der Waals surface area contributed by atoms with Crippen molar-refractivity contribution in [3.63, 3.8) is 0 Å². The number of urea groups is 1. The molecule has 10 nitrogen and oxygen atoms in total. The number of hydrogen-bond acceptors (Lipinski definition) is 6. The number of nitrogens with zero attached hydrogens (tertiary/aromatic N) is 7. The standard InChI is InChI=1S/C25H20F3N9O/c1-35-11-16-8-19(6-7-20(16)34-35)36-12-17-10-29-22(30-13-25(26,27)28)9-21(17)37(24(36)38)18-4-2-15(3-5-18)23-31-14-32-33-23/h2-11,14H,12-13H2,1H3,(H,29,30)(H,31,32,33). The Hall–Kier alpha value is -4.94. The van der Waals surface area contributed by atoms with Gasteiger partial charge in [0.05, 0.1) is 23.4 Å². The van der Waals surface area contributed by atoms with Gasteiger partial charge < -0.3 is 5.32 Å². The summed E-state index contributed by atoms with van der Waals surface area (Å²) in [5.41, 5.74) is 3.86. The summed E-state index contributed by atoms with van der Waals surface area (Å²) in [6.45, 7) is -1.05. The zero-order valence-electron chi connectivity index (χ0n) is 19.9. The number of rotatable bonds is 5. The summed E-state index contributed by atoms with van der Waals surface area (Å²) < 4.78 is 40.1. The number of H-pyrrole nitrogens is 1. The zero-order chi connectivity index (χ0) is 26.4. The fourth-order valence-corrected chi connectivity index (χ4v) is 4.42. The van der Waals surface area contributed by atoms with E-state index in [-0.39, 0.29) is 18.4 Å². The predicted molar refractivity (Wildman–Crippen MR) is 135 cm³/mol. The highest BCUT2D eigenvalue weighted by atomic mass is 19.4. The van der Waals surface area contributed by atoms with Crippen LogP contribution >= 0.6 is 0 Å². The first-order chi connectivity index (χ1) is 18.2. The van der Waals surface area contributed by atoms with Crippen LogP contribution in [0.25, 0.3) is 22.3 Å². The Morgan fingerprint density at radius 2 is 1.84 bits per heavy atom. The molecule has 3 aromatic heterocycles. The van der Waals surface area contributed by atoms with E-state index in [2.05, 4.69) is 30.6 Å². The van der Waals surface area contributed by atoms with Gasteiger partial charge in [0.1, 0.15) is 18.7 Å². The minimum absolute atomic E-state index is 0.0161. The lowest BCUT2D eigenvalue weighted by Gasteiger charge is -2.37. The van der Waals surface area contributed by atoms with Crippen LogP contribution in [-0.2, 0) is 13.6 Å². The second-order valence-corrected chi connectivity index (χ2v) is 8.80. The summed E-state index contributed by atoms with van der Waals surface area (Å²) in [6, 6.07) is 13.7. The van der Waals surface area contributed by atoms with Crippen LogP contribution in [0.1, 0.15) is 5.56 Å². The molecule has 38 heavy (non-hydrogen) atoms. The number of carbonyl (C=O) groups excluding carboxylic acids is 1. The van der Waals surface area contributed by atoms with Gasteiger partial charge in [-0.2, -0.15) is 23.4 Å². The lowest BCUT2D eigenvalue weighted by Crippen LogP contribution is -2.45. The normalized spacial score (nSPS) is 13.7. The van der Waals surface area contributed by atoms with Gasteiger partial charge in [0.25, 0.3) is 0 Å². The average molecular weight is 519 g/mol. The topological polar surface area (TPSA) is 108 Å². The van der Waals surface area contributed by atoms with Crippen LogP contribution in [0.5, 0.6) is 0 Å². The number of hydrogen-bond donors (Lipinski definition) is 2. The van der Waals surface area contributed by atoms with E-state index in [1.54, 1.807) is 33.8 Å². The molecule has 2 aromatic carbocycles. The monoisotopic (exact) mass is 519 g/mol. The molecule has 0 radical (unpaired) electrons. The van der Waals surface area contributed by atoms with E-state index in [0.717, 1.165) is 16.5 Å². The third-order valence-corrected chi connectivity index (χ3v) is 6.15. The van der Waals surface area contributed by atoms with Crippen LogP contribution in [0.3, 0.4) is 0 Å². The molecule has 0 fully saturated rings. The molecule has 13 heteroatoms. The Kier molecular flexibility index (Phi) is 5.47. The summed E-state index contributed by atoms with van der Waals surface area (Å²) >= 11 is 0. The zero-order valence-corrected chi connectivity index (χ0v) is 19.9. The number of carbonyl (C=O) groups is 1. The van der Waals surface area contributed by atoms with Crippen molar-refractivity contribution in [3.05, 3.63) is 72.8 Å². The largest absolute Gasteiger partial charge is 0.405 e. The Morgan fingerprint density at radius 1 is 1.05 bits per heavy atom. The summed E-state index contributed by atoms with van der Waals surface area (Å²) in [5, 5.41) is 14.2. The molecule has 1 aliphatic heterocycles. The second-order valence-electron chi connectivity index (χ2n) is 8.80. The van der Waals surface area contributed by atoms with Crippen LogP contribution in [0, 0.1) is 0 Å². The van der Waals surface area contributed by atoms with Gasteiger partial charge in [0.2, 0.25) is 0 Å².